The van der Waals surface area contributed by atoms with Gasteiger partial charge >= 0.3 is 0 Å². The van der Waals surface area contributed by atoms with Gasteiger partial charge in [0.15, 0.2) is 11.9 Å². The highest BCUT2D eigenvalue weighted by Crippen LogP contribution is 2.40. The molecule has 2 aromatic rings. The Kier molecular flexibility index (Phi) is 3.02. The van der Waals surface area contributed by atoms with Crippen molar-refractivity contribution in [2.75, 3.05) is 0 Å². The molecule has 1 fully saturated rings. The van der Waals surface area contributed by atoms with Crippen LogP contribution in [0.3, 0.4) is 0 Å². The van der Waals surface area contributed by atoms with Crippen LogP contribution >= 0.6 is 15.9 Å². The molecular weight excluding hydrogens is 292 g/mol. The highest BCUT2D eigenvalue weighted by atomic mass is 79.9. The smallest absolute Gasteiger partial charge is 0.194 e. The molecule has 1 aliphatic heterocycles. The second-order valence-electron chi connectivity index (χ2n) is 4.26. The van der Waals surface area contributed by atoms with Crippen molar-refractivity contribution < 1.29 is 9.53 Å². The van der Waals surface area contributed by atoms with Crippen molar-refractivity contribution in [3.8, 4) is 0 Å². The van der Waals surface area contributed by atoms with E-state index >= 15 is 0 Å². The van der Waals surface area contributed by atoms with Crippen molar-refractivity contribution >= 4 is 21.7 Å². The van der Waals surface area contributed by atoms with Crippen molar-refractivity contribution in [3.63, 3.8) is 0 Å². The summed E-state index contributed by atoms with van der Waals surface area (Å²) < 4.78 is 6.40. The standard InChI is InChI=1S/C15H11BrO2/c16-12-8-4-7-11(9-12)13(17)15-14(18-15)10-5-2-1-3-6-10/h1-9,14-15H/t14-,15-/m0/s1. The molecule has 18 heavy (non-hydrogen) atoms. The third-order valence-electron chi connectivity index (χ3n) is 2.99. The number of epoxide rings is 1. The molecule has 2 atom stereocenters. The van der Waals surface area contributed by atoms with Gasteiger partial charge in [0.1, 0.15) is 6.10 Å². The summed E-state index contributed by atoms with van der Waals surface area (Å²) in [5.41, 5.74) is 1.75. The normalized spacial score (nSPS) is 21.6. The van der Waals surface area contributed by atoms with Crippen LogP contribution in [0.15, 0.2) is 59.1 Å². The first-order valence-corrected chi connectivity index (χ1v) is 6.55. The first kappa shape index (κ1) is 11.6. The lowest BCUT2D eigenvalue weighted by molar-refractivity contribution is 0.0953. The number of hydrogen-bond acceptors (Lipinski definition) is 2. The van der Waals surface area contributed by atoms with Gasteiger partial charge in [0, 0.05) is 10.0 Å². The number of hydrogen-bond donors (Lipinski definition) is 0. The van der Waals surface area contributed by atoms with E-state index in [9.17, 15) is 4.79 Å². The molecule has 2 aromatic carbocycles. The summed E-state index contributed by atoms with van der Waals surface area (Å²) >= 11 is 3.37. The van der Waals surface area contributed by atoms with Crippen LogP contribution in [-0.2, 0) is 4.74 Å². The maximum atomic E-state index is 12.2. The fraction of sp³-hybridized carbons (Fsp3) is 0.133. The Morgan fingerprint density at radius 1 is 1.06 bits per heavy atom. The molecule has 0 unspecified atom stereocenters. The molecular formula is C15H11BrO2. The van der Waals surface area contributed by atoms with E-state index in [4.69, 9.17) is 4.74 Å². The maximum Gasteiger partial charge on any atom is 0.194 e. The van der Waals surface area contributed by atoms with Crippen LogP contribution in [-0.4, -0.2) is 11.9 Å². The Morgan fingerprint density at radius 2 is 1.83 bits per heavy atom. The van der Waals surface area contributed by atoms with Crippen LogP contribution in [0.25, 0.3) is 0 Å². The van der Waals surface area contributed by atoms with Gasteiger partial charge in [-0.25, -0.2) is 0 Å². The summed E-state index contributed by atoms with van der Waals surface area (Å²) in [4.78, 5) is 12.2. The second kappa shape index (κ2) is 4.67. The van der Waals surface area contributed by atoms with Crippen molar-refractivity contribution in [3.05, 3.63) is 70.2 Å². The Hall–Kier alpha value is -1.45. The van der Waals surface area contributed by atoms with Crippen molar-refractivity contribution in [1.29, 1.82) is 0 Å². The summed E-state index contributed by atoms with van der Waals surface area (Å²) in [6, 6.07) is 17.2. The number of Topliss-reactive ketones (excluding diaryl/α,β-unsaturated/α-hetero) is 1. The number of ketones is 1. The average Bonchev–Trinajstić information content (AvgIpc) is 3.19. The summed E-state index contributed by atoms with van der Waals surface area (Å²) in [6.45, 7) is 0. The van der Waals surface area contributed by atoms with Crippen molar-refractivity contribution in [2.24, 2.45) is 0 Å². The van der Waals surface area contributed by atoms with Gasteiger partial charge in [0.25, 0.3) is 0 Å². The van der Waals surface area contributed by atoms with Gasteiger partial charge in [-0.05, 0) is 17.7 Å². The lowest BCUT2D eigenvalue weighted by atomic mass is 10.0. The Morgan fingerprint density at radius 3 is 2.56 bits per heavy atom. The zero-order valence-electron chi connectivity index (χ0n) is 9.55. The minimum Gasteiger partial charge on any atom is -0.356 e. The van der Waals surface area contributed by atoms with Gasteiger partial charge in [0.05, 0.1) is 0 Å². The SMILES string of the molecule is O=C(c1cccc(Br)c1)[C@@H]1O[C@H]1c1ccccc1. The van der Waals surface area contributed by atoms with E-state index in [1.54, 1.807) is 0 Å². The van der Waals surface area contributed by atoms with Crippen LogP contribution in [0.5, 0.6) is 0 Å². The van der Waals surface area contributed by atoms with Crippen molar-refractivity contribution in [2.45, 2.75) is 12.2 Å². The van der Waals surface area contributed by atoms with Gasteiger partial charge in [-0.1, -0.05) is 58.4 Å². The molecule has 0 spiro atoms. The molecule has 0 aromatic heterocycles. The Labute approximate surface area is 114 Å². The molecule has 1 aliphatic rings. The number of halogens is 1. The van der Waals surface area contributed by atoms with Gasteiger partial charge < -0.3 is 4.74 Å². The molecule has 1 saturated heterocycles. The fourth-order valence-corrected chi connectivity index (χ4v) is 2.41. The summed E-state index contributed by atoms with van der Waals surface area (Å²) in [6.07, 6.45) is -0.417. The van der Waals surface area contributed by atoms with E-state index in [0.29, 0.717) is 5.56 Å². The van der Waals surface area contributed by atoms with E-state index < -0.39 is 0 Å². The van der Waals surface area contributed by atoms with E-state index in [2.05, 4.69) is 15.9 Å². The Balaban J connectivity index is 1.77. The molecule has 2 nitrogen and oxygen atoms in total. The summed E-state index contributed by atoms with van der Waals surface area (Å²) in [5, 5.41) is 0. The van der Waals surface area contributed by atoms with Gasteiger partial charge in [-0.15, -0.1) is 0 Å². The first-order valence-electron chi connectivity index (χ1n) is 5.76. The van der Waals surface area contributed by atoms with E-state index in [1.165, 1.54) is 0 Å². The molecule has 0 bridgehead atoms. The highest BCUT2D eigenvalue weighted by molar-refractivity contribution is 9.10. The lowest BCUT2D eigenvalue weighted by Gasteiger charge is -1.98. The molecule has 0 aliphatic carbocycles. The van der Waals surface area contributed by atoms with E-state index in [1.807, 2.05) is 54.6 Å². The average molecular weight is 303 g/mol. The minimum absolute atomic E-state index is 0.0464. The lowest BCUT2D eigenvalue weighted by Crippen LogP contribution is -2.08. The van der Waals surface area contributed by atoms with E-state index in [-0.39, 0.29) is 18.0 Å². The van der Waals surface area contributed by atoms with Crippen LogP contribution in [0.4, 0.5) is 0 Å². The number of rotatable bonds is 3. The van der Waals surface area contributed by atoms with Gasteiger partial charge in [-0.2, -0.15) is 0 Å². The summed E-state index contributed by atoms with van der Waals surface area (Å²) in [5.74, 6) is 0.0464. The minimum atomic E-state index is -0.332. The number of carbonyl (C=O) groups excluding carboxylic acids is 1. The zero-order valence-corrected chi connectivity index (χ0v) is 11.1. The van der Waals surface area contributed by atoms with Crippen molar-refractivity contribution in [1.82, 2.24) is 0 Å². The molecule has 3 rings (SSSR count). The van der Waals surface area contributed by atoms with Crippen LogP contribution in [0, 0.1) is 0 Å². The summed E-state index contributed by atoms with van der Waals surface area (Å²) in [7, 11) is 0. The highest BCUT2D eigenvalue weighted by Gasteiger charge is 2.45. The zero-order chi connectivity index (χ0) is 12.5. The topological polar surface area (TPSA) is 29.6 Å². The molecule has 3 heteroatoms. The van der Waals surface area contributed by atoms with Crippen LogP contribution in [0.2, 0.25) is 0 Å². The third-order valence-corrected chi connectivity index (χ3v) is 3.48. The molecule has 0 N–H and O–H groups in total. The molecule has 0 saturated carbocycles. The van der Waals surface area contributed by atoms with E-state index in [0.717, 1.165) is 10.0 Å². The van der Waals surface area contributed by atoms with Gasteiger partial charge in [0.2, 0.25) is 0 Å². The number of carbonyl (C=O) groups is 1. The predicted molar refractivity (Wildman–Crippen MR) is 72.5 cm³/mol. The largest absolute Gasteiger partial charge is 0.356 e. The van der Waals surface area contributed by atoms with Crippen LogP contribution in [0.1, 0.15) is 22.0 Å². The first-order chi connectivity index (χ1) is 8.75. The second-order valence-corrected chi connectivity index (χ2v) is 5.18. The number of benzene rings is 2. The van der Waals surface area contributed by atoms with Crippen LogP contribution < -0.4 is 0 Å². The third kappa shape index (κ3) is 2.24. The quantitative estimate of drug-likeness (QED) is 0.638. The van der Waals surface area contributed by atoms with Gasteiger partial charge in [-0.3, -0.25) is 4.79 Å². The number of ether oxygens (including phenoxy) is 1. The maximum absolute atomic E-state index is 12.2. The molecule has 1 heterocycles. The predicted octanol–water partition coefficient (Wildman–Crippen LogP) is 3.77. The fourth-order valence-electron chi connectivity index (χ4n) is 2.01. The molecule has 90 valence electrons. The molecule has 0 radical (unpaired) electrons. The molecule has 0 amide bonds. The Bertz CT molecular complexity index is 580. The monoisotopic (exact) mass is 302 g/mol.